The monoisotopic (exact) mass is 600 g/mol. The lowest BCUT2D eigenvalue weighted by Crippen LogP contribution is -2.49. The molecule has 224 valence electrons. The zero-order chi connectivity index (χ0) is 30.8. The van der Waals surface area contributed by atoms with Crippen molar-refractivity contribution >= 4 is 41.0 Å². The molecule has 1 fully saturated rings. The van der Waals surface area contributed by atoms with Gasteiger partial charge in [-0.3, -0.25) is 4.79 Å². The molecular weight excluding hydrogens is 565 g/mol. The highest BCUT2D eigenvalue weighted by Crippen LogP contribution is 2.41. The van der Waals surface area contributed by atoms with E-state index in [1.54, 1.807) is 12.4 Å². The summed E-state index contributed by atoms with van der Waals surface area (Å²) >= 11 is -0.249. The normalized spacial score (nSPS) is 18.5. The Balaban J connectivity index is 1.69. The molecule has 3 aromatic rings. The predicted octanol–water partition coefficient (Wildman–Crippen LogP) is 6.40. The van der Waals surface area contributed by atoms with Gasteiger partial charge in [0, 0.05) is 45.5 Å². The number of carbonyl (C=O) groups is 2. The lowest BCUT2D eigenvalue weighted by molar-refractivity contribution is -0.122. The molecule has 42 heavy (non-hydrogen) atoms. The molecule has 8 nitrogen and oxygen atoms in total. The van der Waals surface area contributed by atoms with Gasteiger partial charge in [-0.1, -0.05) is 13.8 Å². The molecule has 0 spiro atoms. The number of nitrogens with one attached hydrogen (secondary N) is 1. The summed E-state index contributed by atoms with van der Waals surface area (Å²) in [5, 5.41) is 2.99. The summed E-state index contributed by atoms with van der Waals surface area (Å²) in [6.07, 6.45) is 4.06. The van der Waals surface area contributed by atoms with Crippen molar-refractivity contribution in [3.63, 3.8) is 0 Å². The number of hydrogen-bond donors (Lipinski definition) is 1. The van der Waals surface area contributed by atoms with Crippen LogP contribution in [0.3, 0.4) is 0 Å². The SMILES string of the molecule is CC(CC1(CC(C)c2ccnc(N(C)C)c2)NC(=O)N(c2ccc(SC(F)(F)F)cc2)C1=O)c1ccnc(N(C)C)c1. The molecule has 0 radical (unpaired) electrons. The average Bonchev–Trinajstić information content (AvgIpc) is 3.16. The highest BCUT2D eigenvalue weighted by atomic mass is 32.2. The Morgan fingerprint density at radius 1 is 0.857 bits per heavy atom. The van der Waals surface area contributed by atoms with E-state index in [-0.39, 0.29) is 34.2 Å². The first-order valence-corrected chi connectivity index (χ1v) is 14.3. The van der Waals surface area contributed by atoms with Crippen molar-refractivity contribution in [3.05, 3.63) is 72.1 Å². The van der Waals surface area contributed by atoms with Gasteiger partial charge in [0.05, 0.1) is 5.69 Å². The van der Waals surface area contributed by atoms with Gasteiger partial charge in [0.25, 0.3) is 5.91 Å². The van der Waals surface area contributed by atoms with Crippen LogP contribution in [0.25, 0.3) is 0 Å². The van der Waals surface area contributed by atoms with Crippen LogP contribution in [-0.2, 0) is 4.79 Å². The summed E-state index contributed by atoms with van der Waals surface area (Å²) in [6.45, 7) is 4.01. The average molecular weight is 601 g/mol. The highest BCUT2D eigenvalue weighted by Gasteiger charge is 2.53. The van der Waals surface area contributed by atoms with Crippen molar-refractivity contribution in [3.8, 4) is 0 Å². The summed E-state index contributed by atoms with van der Waals surface area (Å²) in [5.74, 6) is 0.836. The lowest BCUT2D eigenvalue weighted by Gasteiger charge is -2.33. The van der Waals surface area contributed by atoms with E-state index in [0.29, 0.717) is 12.8 Å². The number of pyridine rings is 2. The maximum absolute atomic E-state index is 14.3. The molecule has 0 aliphatic carbocycles. The van der Waals surface area contributed by atoms with E-state index < -0.39 is 23.0 Å². The van der Waals surface area contributed by atoms with E-state index in [1.807, 2.05) is 76.1 Å². The van der Waals surface area contributed by atoms with Crippen LogP contribution in [0.2, 0.25) is 0 Å². The molecule has 2 unspecified atom stereocenters. The Morgan fingerprint density at radius 3 is 1.76 bits per heavy atom. The smallest absolute Gasteiger partial charge is 0.363 e. The minimum Gasteiger partial charge on any atom is -0.363 e. The quantitative estimate of drug-likeness (QED) is 0.213. The molecule has 0 saturated carbocycles. The van der Waals surface area contributed by atoms with Gasteiger partial charge >= 0.3 is 11.5 Å². The number of halogens is 3. The number of thioether (sulfide) groups is 1. The molecule has 1 aliphatic rings. The fraction of sp³-hybridized carbons (Fsp3) is 0.400. The minimum absolute atomic E-state index is 0.0319. The van der Waals surface area contributed by atoms with Crippen molar-refractivity contribution in [2.45, 2.75) is 54.5 Å². The number of urea groups is 1. The van der Waals surface area contributed by atoms with Crippen LogP contribution in [0, 0.1) is 0 Å². The second kappa shape index (κ2) is 12.2. The van der Waals surface area contributed by atoms with Gasteiger partial charge in [-0.25, -0.2) is 19.7 Å². The maximum atomic E-state index is 14.3. The van der Waals surface area contributed by atoms with Gasteiger partial charge in [0.2, 0.25) is 0 Å². The molecule has 1 aromatic carbocycles. The van der Waals surface area contributed by atoms with E-state index in [9.17, 15) is 22.8 Å². The zero-order valence-electron chi connectivity index (χ0n) is 24.4. The van der Waals surface area contributed by atoms with Crippen molar-refractivity contribution < 1.29 is 22.8 Å². The molecular formula is C30H35F3N6O2S. The number of hydrogen-bond acceptors (Lipinski definition) is 7. The van der Waals surface area contributed by atoms with Gasteiger partial charge in [0.1, 0.15) is 17.2 Å². The van der Waals surface area contributed by atoms with E-state index in [0.717, 1.165) is 27.7 Å². The van der Waals surface area contributed by atoms with Crippen LogP contribution >= 0.6 is 11.8 Å². The summed E-state index contributed by atoms with van der Waals surface area (Å²) < 4.78 is 38.6. The number of carbonyl (C=O) groups excluding carboxylic acids is 2. The van der Waals surface area contributed by atoms with Crippen LogP contribution in [-0.4, -0.2) is 61.1 Å². The van der Waals surface area contributed by atoms with Crippen LogP contribution in [0.1, 0.15) is 49.7 Å². The maximum Gasteiger partial charge on any atom is 0.446 e. The topological polar surface area (TPSA) is 81.7 Å². The first-order valence-electron chi connectivity index (χ1n) is 13.5. The molecule has 3 heterocycles. The van der Waals surface area contributed by atoms with Crippen molar-refractivity contribution in [1.29, 1.82) is 0 Å². The summed E-state index contributed by atoms with van der Waals surface area (Å²) in [5.41, 5.74) is -3.56. The second-order valence-electron chi connectivity index (χ2n) is 11.1. The number of rotatable bonds is 10. The Hall–Kier alpha value is -3.80. The third kappa shape index (κ3) is 6.97. The molecule has 1 N–H and O–H groups in total. The minimum atomic E-state index is -4.44. The van der Waals surface area contributed by atoms with E-state index in [2.05, 4.69) is 15.3 Å². The van der Waals surface area contributed by atoms with Gasteiger partial charge in [-0.15, -0.1) is 0 Å². The third-order valence-corrected chi connectivity index (χ3v) is 8.13. The summed E-state index contributed by atoms with van der Waals surface area (Å²) in [4.78, 5) is 41.2. The summed E-state index contributed by atoms with van der Waals surface area (Å²) in [7, 11) is 7.59. The standard InChI is InChI=1S/C30H35F3N6O2S/c1-19(21-11-13-34-25(15-21)37(3)4)17-29(18-20(2)22-12-14-35-26(16-22)38(5)6)27(40)39(28(41)36-29)23-7-9-24(10-8-23)42-30(31,32)33/h7-16,19-20H,17-18H2,1-6H3,(H,36,41). The Kier molecular flexibility index (Phi) is 9.05. The first kappa shape index (κ1) is 31.1. The number of imide groups is 1. The van der Waals surface area contributed by atoms with Gasteiger partial charge in [-0.05, 0) is 96.1 Å². The lowest BCUT2D eigenvalue weighted by atomic mass is 9.77. The molecule has 12 heteroatoms. The highest BCUT2D eigenvalue weighted by molar-refractivity contribution is 8.00. The van der Waals surface area contributed by atoms with Crippen LogP contribution < -0.4 is 20.0 Å². The van der Waals surface area contributed by atoms with E-state index in [4.69, 9.17) is 0 Å². The number of amides is 3. The van der Waals surface area contributed by atoms with Crippen molar-refractivity contribution in [2.24, 2.45) is 0 Å². The molecule has 4 rings (SSSR count). The number of aromatic nitrogens is 2. The molecule has 2 atom stereocenters. The Bertz CT molecular complexity index is 1370. The second-order valence-corrected chi connectivity index (χ2v) is 12.2. The zero-order valence-corrected chi connectivity index (χ0v) is 25.3. The summed E-state index contributed by atoms with van der Waals surface area (Å²) in [6, 6.07) is 12.4. The fourth-order valence-electron chi connectivity index (χ4n) is 5.26. The van der Waals surface area contributed by atoms with Gasteiger partial charge < -0.3 is 15.1 Å². The molecule has 3 amide bonds. The number of benzene rings is 1. The fourth-order valence-corrected chi connectivity index (χ4v) is 5.80. The Labute approximate surface area is 248 Å². The third-order valence-electron chi connectivity index (χ3n) is 7.39. The van der Waals surface area contributed by atoms with Crippen LogP contribution in [0.15, 0.2) is 65.8 Å². The molecule has 1 saturated heterocycles. The first-order chi connectivity index (χ1) is 19.7. The predicted molar refractivity (Wildman–Crippen MR) is 160 cm³/mol. The van der Waals surface area contributed by atoms with E-state index >= 15 is 0 Å². The van der Waals surface area contributed by atoms with Gasteiger partial charge in [0.15, 0.2) is 0 Å². The molecule has 1 aliphatic heterocycles. The van der Waals surface area contributed by atoms with Crippen molar-refractivity contribution in [2.75, 3.05) is 42.9 Å². The largest absolute Gasteiger partial charge is 0.446 e. The molecule has 2 aromatic heterocycles. The van der Waals surface area contributed by atoms with Gasteiger partial charge in [-0.2, -0.15) is 13.2 Å². The number of alkyl halides is 3. The van der Waals surface area contributed by atoms with Crippen LogP contribution in [0.5, 0.6) is 0 Å². The number of anilines is 3. The van der Waals surface area contributed by atoms with E-state index in [1.165, 1.54) is 24.3 Å². The molecule has 0 bridgehead atoms. The van der Waals surface area contributed by atoms with Crippen molar-refractivity contribution in [1.82, 2.24) is 15.3 Å². The number of nitrogens with zero attached hydrogens (tertiary/aromatic N) is 5. The Morgan fingerprint density at radius 2 is 1.33 bits per heavy atom. The van der Waals surface area contributed by atoms with Crippen LogP contribution in [0.4, 0.5) is 35.3 Å².